The Morgan fingerprint density at radius 1 is 0.938 bits per heavy atom. The Balaban J connectivity index is 1.77. The summed E-state index contributed by atoms with van der Waals surface area (Å²) in [5.41, 5.74) is 0.635. The summed E-state index contributed by atoms with van der Waals surface area (Å²) in [6.07, 6.45) is -1.31. The first kappa shape index (κ1) is 21.4. The number of aromatic nitrogens is 1. The van der Waals surface area contributed by atoms with E-state index in [2.05, 4.69) is 4.98 Å². The van der Waals surface area contributed by atoms with Crippen LogP contribution in [0.2, 0.25) is 0 Å². The van der Waals surface area contributed by atoms with Gasteiger partial charge in [-0.05, 0) is 60.5 Å². The number of nitrogens with zero attached hydrogens (tertiary/aromatic N) is 2. The summed E-state index contributed by atoms with van der Waals surface area (Å²) in [7, 11) is 0. The first-order chi connectivity index (χ1) is 15.4. The van der Waals surface area contributed by atoms with Gasteiger partial charge in [0.15, 0.2) is 0 Å². The molecule has 0 N–H and O–H groups in total. The van der Waals surface area contributed by atoms with Gasteiger partial charge in [0, 0.05) is 11.8 Å². The molecule has 32 heavy (non-hydrogen) atoms. The largest absolute Gasteiger partial charge is 0.467 e. The fraction of sp³-hybridized carbons (Fsp3) is 0.120. The predicted molar refractivity (Wildman–Crippen MR) is 115 cm³/mol. The van der Waals surface area contributed by atoms with E-state index in [1.165, 1.54) is 23.3 Å². The fourth-order valence-corrected chi connectivity index (χ4v) is 3.52. The van der Waals surface area contributed by atoms with Gasteiger partial charge in [0.1, 0.15) is 11.6 Å². The Morgan fingerprint density at radius 2 is 1.66 bits per heavy atom. The van der Waals surface area contributed by atoms with E-state index in [1.54, 1.807) is 60.8 Å². The van der Waals surface area contributed by atoms with Crippen molar-refractivity contribution in [1.29, 1.82) is 0 Å². The van der Waals surface area contributed by atoms with Gasteiger partial charge in [0.2, 0.25) is 0 Å². The lowest BCUT2D eigenvalue weighted by Gasteiger charge is -2.28. The number of hydrogen-bond donors (Lipinski definition) is 0. The number of hydrogen-bond acceptors (Lipinski definition) is 3. The van der Waals surface area contributed by atoms with Crippen molar-refractivity contribution in [2.24, 2.45) is 0 Å². The van der Waals surface area contributed by atoms with E-state index in [9.17, 15) is 18.0 Å². The van der Waals surface area contributed by atoms with E-state index in [1.807, 2.05) is 6.92 Å². The van der Waals surface area contributed by atoms with Gasteiger partial charge in [-0.2, -0.15) is 13.2 Å². The Bertz CT molecular complexity index is 1190. The number of carbonyl (C=O) groups excluding carboxylic acids is 1. The number of carbonyl (C=O) groups is 1. The average molecular weight is 436 g/mol. The maximum Gasteiger partial charge on any atom is 0.416 e. The van der Waals surface area contributed by atoms with Gasteiger partial charge in [0.25, 0.3) is 5.91 Å². The minimum atomic E-state index is -4.43. The van der Waals surface area contributed by atoms with Gasteiger partial charge >= 0.3 is 6.18 Å². The van der Waals surface area contributed by atoms with Gasteiger partial charge in [-0.25, -0.2) is 4.98 Å². The SMILES string of the molecule is C[C@H](c1ccco1)N(C(=O)c1ccccc1-c1ccc(C(F)(F)F)cc1)c1ccccn1. The molecule has 0 radical (unpaired) electrons. The molecule has 2 heterocycles. The van der Waals surface area contributed by atoms with Crippen LogP contribution in [0.25, 0.3) is 11.1 Å². The van der Waals surface area contributed by atoms with Gasteiger partial charge in [-0.3, -0.25) is 9.69 Å². The molecule has 1 atom stereocenters. The average Bonchev–Trinajstić information content (AvgIpc) is 3.34. The van der Waals surface area contributed by atoms with Crippen LogP contribution in [0.3, 0.4) is 0 Å². The van der Waals surface area contributed by atoms with Crippen molar-refractivity contribution in [1.82, 2.24) is 4.98 Å². The van der Waals surface area contributed by atoms with E-state index in [4.69, 9.17) is 4.42 Å². The van der Waals surface area contributed by atoms with Gasteiger partial charge < -0.3 is 4.42 Å². The number of benzene rings is 2. The van der Waals surface area contributed by atoms with Crippen molar-refractivity contribution in [3.05, 3.63) is 108 Å². The van der Waals surface area contributed by atoms with Crippen molar-refractivity contribution < 1.29 is 22.4 Å². The Hall–Kier alpha value is -3.87. The molecule has 4 rings (SSSR count). The van der Waals surface area contributed by atoms with Crippen LogP contribution < -0.4 is 4.90 Å². The normalized spacial score (nSPS) is 12.4. The van der Waals surface area contributed by atoms with Gasteiger partial charge in [0.05, 0.1) is 17.9 Å². The van der Waals surface area contributed by atoms with Crippen LogP contribution in [-0.4, -0.2) is 10.9 Å². The zero-order valence-corrected chi connectivity index (χ0v) is 17.1. The fourth-order valence-electron chi connectivity index (χ4n) is 3.52. The number of furan rings is 1. The first-order valence-corrected chi connectivity index (χ1v) is 9.91. The number of rotatable bonds is 5. The molecule has 0 aliphatic rings. The Morgan fingerprint density at radius 3 is 2.28 bits per heavy atom. The van der Waals surface area contributed by atoms with Crippen LogP contribution in [-0.2, 0) is 6.18 Å². The molecule has 0 saturated heterocycles. The highest BCUT2D eigenvalue weighted by atomic mass is 19.4. The molecule has 0 aliphatic carbocycles. The topological polar surface area (TPSA) is 46.3 Å². The van der Waals surface area contributed by atoms with E-state index in [0.29, 0.717) is 28.3 Å². The summed E-state index contributed by atoms with van der Waals surface area (Å²) in [5.74, 6) is 0.669. The summed E-state index contributed by atoms with van der Waals surface area (Å²) in [5, 5.41) is 0. The third-order valence-electron chi connectivity index (χ3n) is 5.14. The lowest BCUT2D eigenvalue weighted by Crippen LogP contribution is -2.34. The highest BCUT2D eigenvalue weighted by Crippen LogP contribution is 2.34. The maximum atomic E-state index is 13.8. The minimum absolute atomic E-state index is 0.344. The summed E-state index contributed by atoms with van der Waals surface area (Å²) < 4.78 is 44.4. The molecular weight excluding hydrogens is 417 g/mol. The summed E-state index contributed by atoms with van der Waals surface area (Å²) in [6.45, 7) is 1.83. The second-order valence-corrected chi connectivity index (χ2v) is 7.18. The van der Waals surface area contributed by atoms with Crippen molar-refractivity contribution in [3.63, 3.8) is 0 Å². The van der Waals surface area contributed by atoms with Crippen LogP contribution in [0.5, 0.6) is 0 Å². The van der Waals surface area contributed by atoms with Crippen LogP contribution in [0, 0.1) is 0 Å². The number of amides is 1. The van der Waals surface area contributed by atoms with Crippen LogP contribution >= 0.6 is 0 Å². The second-order valence-electron chi connectivity index (χ2n) is 7.18. The van der Waals surface area contributed by atoms with Crippen molar-refractivity contribution in [2.45, 2.75) is 19.1 Å². The standard InChI is InChI=1S/C25H19F3N2O2/c1-17(22-9-6-16-32-22)30(23-10-4-5-15-29-23)24(31)21-8-3-2-7-20(21)18-11-13-19(14-12-18)25(26,27)28/h2-17H,1H3/t17-/m1/s1. The lowest BCUT2D eigenvalue weighted by molar-refractivity contribution is -0.137. The third-order valence-corrected chi connectivity index (χ3v) is 5.14. The van der Waals surface area contributed by atoms with Crippen LogP contribution in [0.4, 0.5) is 19.0 Å². The molecule has 2 aromatic carbocycles. The van der Waals surface area contributed by atoms with E-state index in [0.717, 1.165) is 12.1 Å². The van der Waals surface area contributed by atoms with E-state index in [-0.39, 0.29) is 5.91 Å². The lowest BCUT2D eigenvalue weighted by atomic mass is 9.97. The molecule has 4 aromatic rings. The number of alkyl halides is 3. The Labute approximate surface area is 182 Å². The number of halogens is 3. The van der Waals surface area contributed by atoms with E-state index >= 15 is 0 Å². The maximum absolute atomic E-state index is 13.8. The monoisotopic (exact) mass is 436 g/mol. The molecule has 7 heteroatoms. The molecule has 0 saturated carbocycles. The summed E-state index contributed by atoms with van der Waals surface area (Å²) in [4.78, 5) is 19.6. The van der Waals surface area contributed by atoms with Crippen molar-refractivity contribution in [3.8, 4) is 11.1 Å². The van der Waals surface area contributed by atoms with Crippen LogP contribution in [0.15, 0.2) is 95.7 Å². The van der Waals surface area contributed by atoms with Crippen molar-refractivity contribution in [2.75, 3.05) is 4.90 Å². The third kappa shape index (κ3) is 4.27. The molecule has 0 aliphatic heterocycles. The molecule has 162 valence electrons. The summed E-state index contributed by atoms with van der Waals surface area (Å²) in [6, 6.07) is 19.9. The highest BCUT2D eigenvalue weighted by molar-refractivity contribution is 6.10. The zero-order chi connectivity index (χ0) is 22.7. The minimum Gasteiger partial charge on any atom is -0.467 e. The molecule has 0 bridgehead atoms. The predicted octanol–water partition coefficient (Wildman–Crippen LogP) is 6.77. The second kappa shape index (κ2) is 8.70. The molecule has 0 spiro atoms. The molecule has 0 unspecified atom stereocenters. The first-order valence-electron chi connectivity index (χ1n) is 9.91. The van der Waals surface area contributed by atoms with Gasteiger partial charge in [-0.15, -0.1) is 0 Å². The van der Waals surface area contributed by atoms with E-state index < -0.39 is 17.8 Å². The smallest absolute Gasteiger partial charge is 0.416 e. The quantitative estimate of drug-likeness (QED) is 0.347. The number of pyridine rings is 1. The Kier molecular flexibility index (Phi) is 5.81. The molecule has 4 nitrogen and oxygen atoms in total. The summed E-state index contributed by atoms with van der Waals surface area (Å²) >= 11 is 0. The molecule has 0 fully saturated rings. The zero-order valence-electron chi connectivity index (χ0n) is 17.1. The molecule has 2 aromatic heterocycles. The van der Waals surface area contributed by atoms with Gasteiger partial charge in [-0.1, -0.05) is 36.4 Å². The van der Waals surface area contributed by atoms with Crippen molar-refractivity contribution >= 4 is 11.7 Å². The highest BCUT2D eigenvalue weighted by Gasteiger charge is 2.31. The van der Waals surface area contributed by atoms with Crippen LogP contribution in [0.1, 0.15) is 34.6 Å². The molecule has 1 amide bonds. The molecular formula is C25H19F3N2O2. The number of anilines is 1.